The van der Waals surface area contributed by atoms with Crippen LogP contribution in [-0.2, 0) is 90.4 Å². The van der Waals surface area contributed by atoms with Crippen LogP contribution in [0.15, 0.2) is 133 Å². The number of unbranched alkanes of at least 4 members (excludes halogenated alkanes) is 3. The summed E-state index contributed by atoms with van der Waals surface area (Å²) in [6.07, 6.45) is 3.06. The van der Waals surface area contributed by atoms with Crippen molar-refractivity contribution < 1.29 is 66.9 Å². The number of benzene rings is 6. The van der Waals surface area contributed by atoms with E-state index in [0.29, 0.717) is 48.6 Å². The highest BCUT2D eigenvalue weighted by atomic mass is 35.5. The molecule has 0 radical (unpaired) electrons. The van der Waals surface area contributed by atoms with Crippen LogP contribution in [0.1, 0.15) is 150 Å². The van der Waals surface area contributed by atoms with E-state index in [9.17, 15) is 47.9 Å². The smallest absolute Gasteiger partial charge is 0.408 e. The molecular formula is C72H80Cl2N8O14. The van der Waals surface area contributed by atoms with Gasteiger partial charge in [-0.25, -0.2) is 19.2 Å². The molecule has 0 spiro atoms. The molecule has 8 amide bonds. The van der Waals surface area contributed by atoms with Crippen molar-refractivity contribution in [1.29, 1.82) is 0 Å². The number of hydrogen-bond donors (Lipinski definition) is 6. The van der Waals surface area contributed by atoms with E-state index in [4.69, 9.17) is 42.1 Å². The van der Waals surface area contributed by atoms with Crippen LogP contribution < -0.4 is 31.9 Å². The second-order valence-electron chi connectivity index (χ2n) is 23.4. The Labute approximate surface area is 567 Å². The first-order valence-corrected chi connectivity index (χ1v) is 32.8. The summed E-state index contributed by atoms with van der Waals surface area (Å²) >= 11 is 12.1. The highest BCUT2D eigenvalue weighted by Crippen LogP contribution is 2.30. The fraction of sp³-hybridized carbons (Fsp3) is 0.361. The summed E-state index contributed by atoms with van der Waals surface area (Å²) < 4.78 is 20.4. The number of fused-ring (bicyclic) bond motifs is 2. The fourth-order valence-corrected chi connectivity index (χ4v) is 11.4. The lowest BCUT2D eigenvalue weighted by Gasteiger charge is -2.17. The molecule has 0 aromatic heterocycles. The molecule has 0 fully saturated rings. The standard InChI is InChI=1S/C72H80Cl2N8O14/c1-93-69(89)61(79-71(91)95-45-49-15-7-5-8-16-49)19-13-33-75-65(85)57-37-51-41-81(43-53(51)39-59(57)67(87)77-35-31-47-23-27-55(73)28-24-47)63(83)21-11-3-4-12-22-64(84)82-42-52-38-58(60(40-54(52)44-82)68(88)78-36-32-48-25-29-56(74)30-26-48)66(86)76-34-14-20-62(70(90)94-2)80-72(92)96-46-50-17-9-6-10-18-50/h5-10,15-18,23-30,37-40,61-62H,3-4,11-14,19-22,31-36,41-46H2,1-2H3,(H,75,85)(H,76,86)(H,77,87)(H,78,88)(H,79,91)(H,80,92)/t61-,62-/m0/s1. The molecule has 2 aliphatic rings. The first-order chi connectivity index (χ1) is 46.4. The number of alkyl carbamates (subject to hydrolysis) is 2. The predicted molar refractivity (Wildman–Crippen MR) is 358 cm³/mol. The van der Waals surface area contributed by atoms with Crippen LogP contribution in [-0.4, -0.2) is 122 Å². The molecule has 0 aliphatic carbocycles. The molecule has 0 bridgehead atoms. The summed E-state index contributed by atoms with van der Waals surface area (Å²) in [7, 11) is 2.41. The monoisotopic (exact) mass is 1350 g/mol. The number of ether oxygens (including phenoxy) is 4. The Bertz CT molecular complexity index is 3470. The lowest BCUT2D eigenvalue weighted by Crippen LogP contribution is -2.42. The van der Waals surface area contributed by atoms with Crippen LogP contribution in [0.5, 0.6) is 0 Å². The van der Waals surface area contributed by atoms with E-state index in [2.05, 4.69) is 31.9 Å². The van der Waals surface area contributed by atoms with Gasteiger partial charge in [0.2, 0.25) is 11.8 Å². The number of carbonyl (C=O) groups excluding carboxylic acids is 10. The molecule has 2 heterocycles. The lowest BCUT2D eigenvalue weighted by molar-refractivity contribution is -0.144. The third-order valence-electron chi connectivity index (χ3n) is 16.5. The van der Waals surface area contributed by atoms with E-state index < -0.39 is 59.8 Å². The maximum absolute atomic E-state index is 14.0. The van der Waals surface area contributed by atoms with Gasteiger partial charge < -0.3 is 60.6 Å². The Morgan fingerprint density at radius 1 is 0.406 bits per heavy atom. The van der Waals surface area contributed by atoms with Crippen LogP contribution in [0.25, 0.3) is 0 Å². The molecule has 8 rings (SSSR count). The first-order valence-electron chi connectivity index (χ1n) is 32.0. The average Bonchev–Trinajstić information content (AvgIpc) is 1.60. The molecule has 0 saturated heterocycles. The van der Waals surface area contributed by atoms with Crippen LogP contribution in [0.2, 0.25) is 10.0 Å². The first kappa shape index (κ1) is 72.0. The zero-order chi connectivity index (χ0) is 68.3. The van der Waals surface area contributed by atoms with Crippen LogP contribution in [0.4, 0.5) is 9.59 Å². The highest BCUT2D eigenvalue weighted by Gasteiger charge is 2.31. The van der Waals surface area contributed by atoms with Crippen LogP contribution in [0.3, 0.4) is 0 Å². The average molecular weight is 1350 g/mol. The highest BCUT2D eigenvalue weighted by molar-refractivity contribution is 6.30. The molecule has 96 heavy (non-hydrogen) atoms. The van der Waals surface area contributed by atoms with Gasteiger partial charge in [0.05, 0.1) is 36.5 Å². The molecule has 22 nitrogen and oxygen atoms in total. The maximum atomic E-state index is 14.0. The molecule has 6 N–H and O–H groups in total. The van der Waals surface area contributed by atoms with Gasteiger partial charge in [-0.3, -0.25) is 28.8 Å². The summed E-state index contributed by atoms with van der Waals surface area (Å²) in [6, 6.07) is 37.1. The SMILES string of the molecule is COC(=O)[C@H](CCCNC(=O)c1cc2c(cc1C(=O)NCCc1ccc(Cl)cc1)CN(C(=O)CCCCCCC(=O)N1Cc3cc(C(=O)NCCC[C@H](NC(=O)OCc4ccccc4)C(=O)OC)c(C(=O)NCCc4ccc(Cl)cc4)cc3C1)C2)NC(=O)OCc1ccccc1. The molecule has 6 aromatic rings. The Morgan fingerprint density at radius 3 is 1.05 bits per heavy atom. The summed E-state index contributed by atoms with van der Waals surface area (Å²) in [5.41, 5.74) is 6.82. The van der Waals surface area contributed by atoms with Gasteiger partial charge in [0.15, 0.2) is 0 Å². The largest absolute Gasteiger partial charge is 0.467 e. The second-order valence-corrected chi connectivity index (χ2v) is 24.2. The molecule has 0 unspecified atom stereocenters. The van der Waals surface area contributed by atoms with Gasteiger partial charge in [0.25, 0.3) is 23.6 Å². The maximum Gasteiger partial charge on any atom is 0.408 e. The Balaban J connectivity index is 0.814. The van der Waals surface area contributed by atoms with Gasteiger partial charge in [-0.15, -0.1) is 0 Å². The summed E-state index contributed by atoms with van der Waals surface area (Å²) in [5.74, 6) is -3.60. The number of halogens is 2. The molecule has 506 valence electrons. The van der Waals surface area contributed by atoms with Crippen LogP contribution in [0, 0.1) is 0 Å². The van der Waals surface area contributed by atoms with Gasteiger partial charge in [-0.05, 0) is 144 Å². The molecule has 6 aromatic carbocycles. The van der Waals surface area contributed by atoms with Gasteiger partial charge in [-0.2, -0.15) is 0 Å². The number of amides is 8. The van der Waals surface area contributed by atoms with E-state index in [1.807, 2.05) is 60.7 Å². The van der Waals surface area contributed by atoms with E-state index in [1.165, 1.54) is 14.2 Å². The molecule has 2 atom stereocenters. The van der Waals surface area contributed by atoms with E-state index in [0.717, 1.165) is 44.5 Å². The van der Waals surface area contributed by atoms with Crippen molar-refractivity contribution in [2.45, 2.75) is 129 Å². The number of nitrogens with one attached hydrogen (secondary N) is 6. The Kier molecular flexibility index (Phi) is 27.6. The fourth-order valence-electron chi connectivity index (χ4n) is 11.2. The molecule has 24 heteroatoms. The summed E-state index contributed by atoms with van der Waals surface area (Å²) in [5, 5.41) is 17.8. The van der Waals surface area contributed by atoms with Crippen molar-refractivity contribution in [3.8, 4) is 0 Å². The predicted octanol–water partition coefficient (Wildman–Crippen LogP) is 9.62. The minimum Gasteiger partial charge on any atom is -0.467 e. The number of esters is 2. The van der Waals surface area contributed by atoms with Gasteiger partial charge in [0, 0.05) is 75.2 Å². The third-order valence-corrected chi connectivity index (χ3v) is 17.0. The van der Waals surface area contributed by atoms with Crippen molar-refractivity contribution in [1.82, 2.24) is 41.7 Å². The van der Waals surface area contributed by atoms with E-state index in [-0.39, 0.29) is 138 Å². The van der Waals surface area contributed by atoms with Gasteiger partial charge in [0.1, 0.15) is 25.3 Å². The number of rotatable bonds is 33. The second kappa shape index (κ2) is 36.8. The Hall–Kier alpha value is -9.80. The van der Waals surface area contributed by atoms with Crippen LogP contribution >= 0.6 is 23.2 Å². The van der Waals surface area contributed by atoms with Crippen molar-refractivity contribution in [2.75, 3.05) is 40.4 Å². The normalized spacial score (nSPS) is 12.6. The summed E-state index contributed by atoms with van der Waals surface area (Å²) in [4.78, 5) is 137. The quantitative estimate of drug-likeness (QED) is 0.0127. The number of carbonyl (C=O) groups is 10. The molecular weight excluding hydrogens is 1270 g/mol. The lowest BCUT2D eigenvalue weighted by atomic mass is 9.98. The minimum atomic E-state index is -1.05. The zero-order valence-electron chi connectivity index (χ0n) is 53.8. The van der Waals surface area contributed by atoms with Crippen molar-refractivity contribution in [3.63, 3.8) is 0 Å². The number of hydrogen-bond acceptors (Lipinski definition) is 14. The van der Waals surface area contributed by atoms with E-state index >= 15 is 0 Å². The van der Waals surface area contributed by atoms with Crippen molar-refractivity contribution in [2.24, 2.45) is 0 Å². The van der Waals surface area contributed by atoms with E-state index in [1.54, 1.807) is 82.6 Å². The number of methoxy groups -OCH3 is 2. The zero-order valence-corrected chi connectivity index (χ0v) is 55.3. The topological polar surface area (TPSA) is 286 Å². The number of nitrogens with zero attached hydrogens (tertiary/aromatic N) is 2. The molecule has 0 saturated carbocycles. The third kappa shape index (κ3) is 21.9. The van der Waals surface area contributed by atoms with Gasteiger partial charge in [-0.1, -0.05) is 121 Å². The minimum absolute atomic E-state index is 0.00389. The Morgan fingerprint density at radius 2 is 0.729 bits per heavy atom. The van der Waals surface area contributed by atoms with Crippen molar-refractivity contribution in [3.05, 3.63) is 210 Å². The molecule has 2 aliphatic heterocycles. The van der Waals surface area contributed by atoms with Gasteiger partial charge >= 0.3 is 24.1 Å². The van der Waals surface area contributed by atoms with Crippen molar-refractivity contribution >= 4 is 82.8 Å². The summed E-state index contributed by atoms with van der Waals surface area (Å²) in [6.45, 7) is 1.61.